The van der Waals surface area contributed by atoms with Gasteiger partial charge in [-0.05, 0) is 6.42 Å². The molecule has 0 atom stereocenters. The minimum Gasteiger partial charge on any atom is -0.478 e. The number of nitrogens with one attached hydrogen (secondary N) is 1. The molecule has 0 saturated heterocycles. The van der Waals surface area contributed by atoms with Crippen LogP contribution < -0.4 is 5.48 Å². The van der Waals surface area contributed by atoms with Gasteiger partial charge >= 0.3 is 5.97 Å². The van der Waals surface area contributed by atoms with Gasteiger partial charge < -0.3 is 5.11 Å². The Morgan fingerprint density at radius 2 is 2.50 bits per heavy atom. The lowest BCUT2D eigenvalue weighted by Gasteiger charge is -1.96. The van der Waals surface area contributed by atoms with Gasteiger partial charge in [-0.25, -0.2) is 4.79 Å². The molecule has 0 aliphatic heterocycles. The van der Waals surface area contributed by atoms with Gasteiger partial charge in [0.05, 0.1) is 6.61 Å². The second kappa shape index (κ2) is 6.10. The molecule has 58 valence electrons. The summed E-state index contributed by atoms with van der Waals surface area (Å²) in [7, 11) is 0. The molecule has 0 fully saturated rings. The van der Waals surface area contributed by atoms with E-state index in [1.54, 1.807) is 0 Å². The largest absolute Gasteiger partial charge is 0.478 e. The molecule has 2 N–H and O–H groups in total. The molecule has 0 rings (SSSR count). The Labute approximate surface area is 59.4 Å². The Kier molecular flexibility index (Phi) is 5.47. The van der Waals surface area contributed by atoms with Gasteiger partial charge in [0, 0.05) is 12.3 Å². The van der Waals surface area contributed by atoms with Gasteiger partial charge in [-0.3, -0.25) is 10.3 Å². The molecule has 10 heavy (non-hydrogen) atoms. The number of carboxylic acids is 1. The zero-order valence-corrected chi connectivity index (χ0v) is 5.83. The molecule has 0 heterocycles. The number of hydrogen-bond donors (Lipinski definition) is 2. The molecular weight excluding hydrogens is 134 g/mol. The van der Waals surface area contributed by atoms with Crippen LogP contribution in [0.25, 0.3) is 0 Å². The lowest BCUT2D eigenvalue weighted by Crippen LogP contribution is -2.07. The van der Waals surface area contributed by atoms with Crippen LogP contribution in [0.1, 0.15) is 13.3 Å². The van der Waals surface area contributed by atoms with Crippen molar-refractivity contribution >= 4 is 5.97 Å². The van der Waals surface area contributed by atoms with Gasteiger partial charge in [0.15, 0.2) is 0 Å². The summed E-state index contributed by atoms with van der Waals surface area (Å²) in [6, 6.07) is 0. The van der Waals surface area contributed by atoms with Crippen LogP contribution in [0, 0.1) is 0 Å². The van der Waals surface area contributed by atoms with Gasteiger partial charge in [-0.2, -0.15) is 0 Å². The average Bonchev–Trinajstić information content (AvgIpc) is 1.87. The van der Waals surface area contributed by atoms with Gasteiger partial charge in [0.2, 0.25) is 0 Å². The van der Waals surface area contributed by atoms with Crippen molar-refractivity contribution in [3.05, 3.63) is 12.3 Å². The van der Waals surface area contributed by atoms with Crippen LogP contribution in [0.3, 0.4) is 0 Å². The Hall–Kier alpha value is -1.03. The predicted molar refractivity (Wildman–Crippen MR) is 36.2 cm³/mol. The SMILES string of the molecule is CCCONC=CC(=O)O. The molecule has 4 nitrogen and oxygen atoms in total. The molecule has 0 unspecified atom stereocenters. The first-order chi connectivity index (χ1) is 4.77. The van der Waals surface area contributed by atoms with E-state index in [9.17, 15) is 4.79 Å². The van der Waals surface area contributed by atoms with Crippen molar-refractivity contribution in [3.8, 4) is 0 Å². The van der Waals surface area contributed by atoms with Crippen LogP contribution in [-0.2, 0) is 9.63 Å². The third-order valence-electron chi connectivity index (χ3n) is 0.683. The molecule has 0 aromatic heterocycles. The van der Waals surface area contributed by atoms with Crippen LogP contribution >= 0.6 is 0 Å². The molecule has 0 aromatic carbocycles. The summed E-state index contributed by atoms with van der Waals surface area (Å²) in [6.07, 6.45) is 3.10. The highest BCUT2D eigenvalue weighted by Gasteiger charge is 1.82. The Morgan fingerprint density at radius 3 is 3.00 bits per heavy atom. The molecule has 0 radical (unpaired) electrons. The average molecular weight is 145 g/mol. The standard InChI is InChI=1S/C6H11NO3/c1-2-5-10-7-4-3-6(8)9/h3-4,7H,2,5H2,1H3,(H,8,9). The zero-order valence-electron chi connectivity index (χ0n) is 5.83. The van der Waals surface area contributed by atoms with E-state index in [-0.39, 0.29) is 0 Å². The van der Waals surface area contributed by atoms with Gasteiger partial charge in [0.25, 0.3) is 0 Å². The summed E-state index contributed by atoms with van der Waals surface area (Å²) in [4.78, 5) is 14.6. The molecular formula is C6H11NO3. The summed E-state index contributed by atoms with van der Waals surface area (Å²) in [6.45, 7) is 2.53. The Morgan fingerprint density at radius 1 is 1.80 bits per heavy atom. The van der Waals surface area contributed by atoms with Crippen molar-refractivity contribution in [1.82, 2.24) is 5.48 Å². The van der Waals surface area contributed by atoms with Crippen molar-refractivity contribution in [3.63, 3.8) is 0 Å². The maximum atomic E-state index is 9.85. The Balaban J connectivity index is 3.10. The van der Waals surface area contributed by atoms with Gasteiger partial charge in [-0.1, -0.05) is 6.92 Å². The first-order valence-corrected chi connectivity index (χ1v) is 3.04. The topological polar surface area (TPSA) is 58.6 Å². The third kappa shape index (κ3) is 6.97. The van der Waals surface area contributed by atoms with Crippen molar-refractivity contribution in [2.24, 2.45) is 0 Å². The fraction of sp³-hybridized carbons (Fsp3) is 0.500. The highest BCUT2D eigenvalue weighted by molar-refractivity contribution is 5.79. The van der Waals surface area contributed by atoms with E-state index in [4.69, 9.17) is 9.94 Å². The van der Waals surface area contributed by atoms with Gasteiger partial charge in [0.1, 0.15) is 0 Å². The molecule has 0 bridgehead atoms. The molecule has 0 aliphatic rings. The Bertz CT molecular complexity index is 122. The summed E-state index contributed by atoms with van der Waals surface area (Å²) >= 11 is 0. The fourth-order valence-corrected chi connectivity index (χ4v) is 0.314. The molecule has 0 amide bonds. The zero-order chi connectivity index (χ0) is 7.82. The summed E-state index contributed by atoms with van der Waals surface area (Å²) in [5.41, 5.74) is 2.36. The van der Waals surface area contributed by atoms with Crippen molar-refractivity contribution < 1.29 is 14.7 Å². The predicted octanol–water partition coefficient (Wildman–Crippen LogP) is 0.516. The number of rotatable bonds is 5. The third-order valence-corrected chi connectivity index (χ3v) is 0.683. The first kappa shape index (κ1) is 8.97. The van der Waals surface area contributed by atoms with Gasteiger partial charge in [-0.15, -0.1) is 0 Å². The number of aliphatic carboxylic acids is 1. The number of carbonyl (C=O) groups is 1. The fourth-order valence-electron chi connectivity index (χ4n) is 0.314. The monoisotopic (exact) mass is 145 g/mol. The minimum atomic E-state index is -0.993. The second-order valence-corrected chi connectivity index (χ2v) is 1.64. The maximum Gasteiger partial charge on any atom is 0.329 e. The number of hydroxylamine groups is 1. The van der Waals surface area contributed by atoms with E-state index in [1.165, 1.54) is 6.20 Å². The molecule has 0 saturated carbocycles. The van der Waals surface area contributed by atoms with Crippen molar-refractivity contribution in [1.29, 1.82) is 0 Å². The highest BCUT2D eigenvalue weighted by atomic mass is 16.6. The highest BCUT2D eigenvalue weighted by Crippen LogP contribution is 1.75. The van der Waals surface area contributed by atoms with Crippen molar-refractivity contribution in [2.75, 3.05) is 6.61 Å². The summed E-state index contributed by atoms with van der Waals surface area (Å²) < 4.78 is 0. The van der Waals surface area contributed by atoms with Crippen LogP contribution in [0.5, 0.6) is 0 Å². The molecule has 0 aromatic rings. The molecule has 0 spiro atoms. The quantitative estimate of drug-likeness (QED) is 0.336. The normalized spacial score (nSPS) is 10.1. The maximum absolute atomic E-state index is 9.85. The van der Waals surface area contributed by atoms with E-state index in [0.717, 1.165) is 12.5 Å². The minimum absolute atomic E-state index is 0.573. The lowest BCUT2D eigenvalue weighted by molar-refractivity contribution is -0.131. The van der Waals surface area contributed by atoms with E-state index in [0.29, 0.717) is 6.61 Å². The van der Waals surface area contributed by atoms with E-state index < -0.39 is 5.97 Å². The van der Waals surface area contributed by atoms with E-state index in [2.05, 4.69) is 5.48 Å². The van der Waals surface area contributed by atoms with Crippen LogP contribution in [0.15, 0.2) is 12.3 Å². The van der Waals surface area contributed by atoms with E-state index >= 15 is 0 Å². The summed E-state index contributed by atoms with van der Waals surface area (Å²) in [5, 5.41) is 8.09. The molecule has 0 aliphatic carbocycles. The van der Waals surface area contributed by atoms with Crippen LogP contribution in [0.4, 0.5) is 0 Å². The first-order valence-electron chi connectivity index (χ1n) is 3.04. The lowest BCUT2D eigenvalue weighted by atomic mass is 10.5. The van der Waals surface area contributed by atoms with Crippen molar-refractivity contribution in [2.45, 2.75) is 13.3 Å². The summed E-state index contributed by atoms with van der Waals surface area (Å²) in [5.74, 6) is -0.993. The molecule has 4 heteroatoms. The van der Waals surface area contributed by atoms with Crippen LogP contribution in [-0.4, -0.2) is 17.7 Å². The number of carboxylic acid groups (broad SMARTS) is 1. The van der Waals surface area contributed by atoms with Crippen LogP contribution in [0.2, 0.25) is 0 Å². The smallest absolute Gasteiger partial charge is 0.329 e. The van der Waals surface area contributed by atoms with E-state index in [1.807, 2.05) is 6.92 Å². The number of hydrogen-bond acceptors (Lipinski definition) is 3. The second-order valence-electron chi connectivity index (χ2n) is 1.64.